The Hall–Kier alpha value is -7.26. The molecule has 2 bridgehead atoms. The van der Waals surface area contributed by atoms with E-state index in [4.69, 9.17) is 75.9 Å². The zero-order valence-electron chi connectivity index (χ0n) is 37.8. The molecule has 2 aliphatic rings. The summed E-state index contributed by atoms with van der Waals surface area (Å²) in [5, 5.41) is 33.0. The Morgan fingerprint density at radius 1 is 0.800 bits per heavy atom. The van der Waals surface area contributed by atoms with Crippen LogP contribution in [0.5, 0.6) is 23.3 Å². The van der Waals surface area contributed by atoms with Gasteiger partial charge in [-0.15, -0.1) is 0 Å². The second-order valence-electron chi connectivity index (χ2n) is 15.8. The fraction of sp³-hybridized carbons (Fsp3) is 0.240. The summed E-state index contributed by atoms with van der Waals surface area (Å²) in [6.07, 6.45) is 3.44. The van der Waals surface area contributed by atoms with E-state index in [1.807, 2.05) is 12.1 Å². The Bertz CT molecular complexity index is 3070. The lowest BCUT2D eigenvalue weighted by atomic mass is 9.85. The average molecular weight is 1030 g/mol. The number of methoxy groups -OCH3 is 2. The number of halogens is 6. The highest BCUT2D eigenvalue weighted by Gasteiger charge is 2.48. The van der Waals surface area contributed by atoms with Gasteiger partial charge in [-0.25, -0.2) is 23.5 Å². The van der Waals surface area contributed by atoms with Crippen molar-refractivity contribution in [1.82, 2.24) is 19.7 Å². The topological polar surface area (TPSA) is 198 Å². The van der Waals surface area contributed by atoms with Gasteiger partial charge in [0.1, 0.15) is 47.3 Å². The molecule has 70 heavy (non-hydrogen) atoms. The minimum Gasteiger partial charge on any atom is -0.503 e. The lowest BCUT2D eigenvalue weighted by Crippen LogP contribution is -2.16. The van der Waals surface area contributed by atoms with E-state index in [-0.39, 0.29) is 54.1 Å². The predicted molar refractivity (Wildman–Crippen MR) is 258 cm³/mol. The summed E-state index contributed by atoms with van der Waals surface area (Å²) in [5.74, 6) is 2.15. The number of nitrogens with one attached hydrogen (secondary N) is 1. The van der Waals surface area contributed by atoms with Gasteiger partial charge in [0.2, 0.25) is 11.8 Å². The van der Waals surface area contributed by atoms with Crippen molar-refractivity contribution < 1.29 is 37.3 Å². The number of hydrogen-bond acceptors (Lipinski definition) is 12. The second kappa shape index (κ2) is 23.4. The fourth-order valence-corrected chi connectivity index (χ4v) is 9.55. The molecule has 1 amide bonds. The highest BCUT2D eigenvalue weighted by molar-refractivity contribution is 6.50. The fourth-order valence-electron chi connectivity index (χ4n) is 8.48. The second-order valence-corrected chi connectivity index (χ2v) is 17.3. The van der Waals surface area contributed by atoms with Crippen LogP contribution in [0.1, 0.15) is 94.4 Å². The Balaban J connectivity index is 0.000000183. The van der Waals surface area contributed by atoms with E-state index in [2.05, 4.69) is 46.4 Å². The summed E-state index contributed by atoms with van der Waals surface area (Å²) < 4.78 is 49.0. The van der Waals surface area contributed by atoms with Gasteiger partial charge in [0, 0.05) is 24.5 Å². The molecule has 4 aromatic carbocycles. The number of para-hydroxylation sites is 2. The number of nitrogens with zero attached hydrogens (tertiary/aromatic N) is 7. The normalized spacial score (nSPS) is 15.2. The van der Waals surface area contributed by atoms with Gasteiger partial charge in [-0.2, -0.15) is 20.9 Å². The number of benzene rings is 4. The molecule has 2 aromatic heterocycles. The first-order chi connectivity index (χ1) is 33.6. The number of alkyl halides is 2. The Morgan fingerprint density at radius 3 is 2.01 bits per heavy atom. The molecule has 1 fully saturated rings. The number of rotatable bonds is 11. The maximum Gasteiger partial charge on any atom is 0.341 e. The van der Waals surface area contributed by atoms with Crippen LogP contribution in [-0.2, 0) is 21.3 Å². The standard InChI is InChI=1S/C22H17N3O5.C20H23F2N3O.C8Cl4N2/c1-27-13-17(22(26)28-2)16-8-4-6-10-19(16)30-21-11-20(24-14-25-21)29-18-9-5-3-7-15(18)12-23;1-10(2)16-12-7-8-13(16)17-11(12)5-4-6-15(17)23-20(26)14-9-25(3)24-18(14)19(21)22;9-5-3(1-13)6(10)8(12)7(11)4(5)2-14/h3-11,13-14H,1-2H3;4-6,9-10,12-13,16,19H,7-8H2,1-3H3,(H,23,26);/b17-13+;;/t;12-,13-,16?;/m.0./s1. The number of amides is 1. The molecule has 1 unspecified atom stereocenters. The third-order valence-corrected chi connectivity index (χ3v) is 13.0. The molecule has 0 aliphatic heterocycles. The lowest BCUT2D eigenvalue weighted by Gasteiger charge is -2.21. The molecule has 8 rings (SSSR count). The van der Waals surface area contributed by atoms with E-state index in [1.54, 1.807) is 60.7 Å². The number of esters is 1. The maximum absolute atomic E-state index is 13.2. The maximum atomic E-state index is 13.2. The predicted octanol–water partition coefficient (Wildman–Crippen LogP) is 13.0. The molecule has 358 valence electrons. The number of aromatic nitrogens is 4. The first-order valence-electron chi connectivity index (χ1n) is 21.1. The van der Waals surface area contributed by atoms with Crippen LogP contribution in [0.2, 0.25) is 20.1 Å². The molecule has 14 nitrogen and oxygen atoms in total. The molecule has 0 spiro atoms. The summed E-state index contributed by atoms with van der Waals surface area (Å²) in [6.45, 7) is 4.51. The van der Waals surface area contributed by atoms with Gasteiger partial charge in [-0.1, -0.05) is 103 Å². The number of carbonyl (C=O) groups excluding carboxylic acids is 2. The molecule has 3 atom stereocenters. The molecule has 2 aliphatic carbocycles. The summed E-state index contributed by atoms with van der Waals surface area (Å²) >= 11 is 22.8. The summed E-state index contributed by atoms with van der Waals surface area (Å²) in [5.41, 5.74) is 3.68. The molecule has 2 heterocycles. The van der Waals surface area contributed by atoms with Crippen molar-refractivity contribution in [3.05, 3.63) is 156 Å². The van der Waals surface area contributed by atoms with Crippen molar-refractivity contribution in [2.75, 3.05) is 19.5 Å². The number of aryl methyl sites for hydroxylation is 1. The molecule has 20 heteroatoms. The monoisotopic (exact) mass is 1030 g/mol. The van der Waals surface area contributed by atoms with E-state index < -0.39 is 24.0 Å². The van der Waals surface area contributed by atoms with Gasteiger partial charge in [0.05, 0.1) is 68.9 Å². The van der Waals surface area contributed by atoms with Gasteiger partial charge in [-0.05, 0) is 71.9 Å². The Morgan fingerprint density at radius 2 is 1.41 bits per heavy atom. The molecular formula is C50H40Cl4F2N8O6. The molecule has 1 N–H and O–H groups in total. The van der Waals surface area contributed by atoms with E-state index in [0.717, 1.165) is 12.1 Å². The van der Waals surface area contributed by atoms with Crippen LogP contribution in [0.4, 0.5) is 14.5 Å². The third kappa shape index (κ3) is 11.3. The van der Waals surface area contributed by atoms with Crippen LogP contribution >= 0.6 is 46.4 Å². The van der Waals surface area contributed by atoms with Crippen LogP contribution in [-0.4, -0.2) is 45.8 Å². The van der Waals surface area contributed by atoms with Crippen molar-refractivity contribution in [3.63, 3.8) is 0 Å². The number of nitriles is 3. The van der Waals surface area contributed by atoms with Gasteiger partial charge in [0.15, 0.2) is 0 Å². The zero-order chi connectivity index (χ0) is 50.8. The zero-order valence-corrected chi connectivity index (χ0v) is 40.8. The average Bonchev–Trinajstić information content (AvgIpc) is 4.07. The molecule has 6 aromatic rings. The van der Waals surface area contributed by atoms with Gasteiger partial charge >= 0.3 is 5.97 Å². The summed E-state index contributed by atoms with van der Waals surface area (Å²) in [6, 6.07) is 26.7. The molecule has 1 saturated carbocycles. The highest BCUT2D eigenvalue weighted by Crippen LogP contribution is 2.61. The SMILES string of the molecule is CC(C)C1[C@@H]2CC[C@H]1c1cccc(NC(=O)c3cn(C)nc3C(F)F)c12.CO/C=C(/C(=O)OC)c1ccccc1Oc1cc(Oc2ccccc2C#N)ncn1.N#Cc1c(Cl)c(Cl)c(Cl)c(C#N)c1Cl. The molecule has 0 radical (unpaired) electrons. The smallest absolute Gasteiger partial charge is 0.341 e. The van der Waals surface area contributed by atoms with Gasteiger partial charge in [0.25, 0.3) is 12.3 Å². The van der Waals surface area contributed by atoms with E-state index in [0.29, 0.717) is 46.3 Å². The molecular weight excluding hydrogens is 988 g/mol. The highest BCUT2D eigenvalue weighted by atomic mass is 35.5. The van der Waals surface area contributed by atoms with Crippen LogP contribution < -0.4 is 14.8 Å². The van der Waals surface area contributed by atoms with E-state index in [9.17, 15) is 23.6 Å². The first-order valence-corrected chi connectivity index (χ1v) is 22.6. The van der Waals surface area contributed by atoms with Crippen molar-refractivity contribution in [2.24, 2.45) is 18.9 Å². The van der Waals surface area contributed by atoms with Gasteiger partial charge < -0.3 is 24.3 Å². The minimum atomic E-state index is -2.78. The Labute approximate surface area is 421 Å². The first kappa shape index (κ1) is 52.1. The van der Waals surface area contributed by atoms with Crippen molar-refractivity contribution in [2.45, 2.75) is 45.0 Å². The van der Waals surface area contributed by atoms with Crippen molar-refractivity contribution in [1.29, 1.82) is 15.8 Å². The quantitative estimate of drug-likeness (QED) is 0.0424. The third-order valence-electron chi connectivity index (χ3n) is 11.3. The Kier molecular flexibility index (Phi) is 17.4. The number of fused-ring (bicyclic) bond motifs is 5. The van der Waals surface area contributed by atoms with Crippen molar-refractivity contribution in [3.8, 4) is 41.5 Å². The number of carbonyl (C=O) groups is 2. The summed E-state index contributed by atoms with van der Waals surface area (Å²) in [7, 11) is 4.25. The number of anilines is 1. The van der Waals surface area contributed by atoms with Gasteiger partial charge in [-0.3, -0.25) is 9.48 Å². The largest absolute Gasteiger partial charge is 0.503 e. The van der Waals surface area contributed by atoms with Crippen LogP contribution in [0, 0.1) is 45.8 Å². The van der Waals surface area contributed by atoms with Crippen molar-refractivity contribution >= 4 is 69.5 Å². The van der Waals surface area contributed by atoms with E-state index >= 15 is 0 Å². The molecule has 0 saturated heterocycles. The van der Waals surface area contributed by atoms with Crippen LogP contribution in [0.25, 0.3) is 5.57 Å². The van der Waals surface area contributed by atoms with Crippen LogP contribution in [0.3, 0.4) is 0 Å². The van der Waals surface area contributed by atoms with Crippen LogP contribution in [0.15, 0.2) is 91.6 Å². The number of ether oxygens (including phenoxy) is 4. The lowest BCUT2D eigenvalue weighted by molar-refractivity contribution is -0.133. The number of hydrogen-bond donors (Lipinski definition) is 1. The minimum absolute atomic E-state index is 0.0363. The van der Waals surface area contributed by atoms with E-state index in [1.165, 1.54) is 68.3 Å². The summed E-state index contributed by atoms with van der Waals surface area (Å²) in [4.78, 5) is 32.9.